The number of alkyl halides is 1. The van der Waals surface area contributed by atoms with Crippen molar-refractivity contribution in [3.05, 3.63) is 12.2 Å². The molecular weight excluding hydrogens is 536 g/mol. The average molecular weight is 588 g/mol. The summed E-state index contributed by atoms with van der Waals surface area (Å²) < 4.78 is 26.2. The lowest BCUT2D eigenvalue weighted by molar-refractivity contribution is -0.285. The number of aliphatic hydroxyl groups is 2. The van der Waals surface area contributed by atoms with Gasteiger partial charge in [-0.1, -0.05) is 22.5 Å². The summed E-state index contributed by atoms with van der Waals surface area (Å²) in [6.45, 7) is 18.6. The number of halogens is 1. The molecule has 37 heavy (non-hydrogen) atoms. The maximum atomic E-state index is 11.0. The van der Waals surface area contributed by atoms with E-state index in [1.165, 1.54) is 0 Å². The van der Waals surface area contributed by atoms with Gasteiger partial charge in [-0.2, -0.15) is 0 Å². The molecule has 4 aliphatic heterocycles. The Bertz CT molecular complexity index is 840. The van der Waals surface area contributed by atoms with Crippen LogP contribution in [0, 0.1) is 0 Å². The predicted molar refractivity (Wildman–Crippen MR) is 149 cm³/mol. The number of rotatable bonds is 7. The van der Waals surface area contributed by atoms with Crippen molar-refractivity contribution < 1.29 is 29.2 Å². The van der Waals surface area contributed by atoms with Crippen molar-refractivity contribution in [1.29, 1.82) is 0 Å². The van der Waals surface area contributed by atoms with Gasteiger partial charge in [0.15, 0.2) is 0 Å². The molecule has 0 aromatic heterocycles. The van der Waals surface area contributed by atoms with Crippen LogP contribution in [0.3, 0.4) is 0 Å². The first kappa shape index (κ1) is 30.0. The van der Waals surface area contributed by atoms with Crippen LogP contribution in [0.25, 0.3) is 0 Å². The Kier molecular flexibility index (Phi) is 8.44. The van der Waals surface area contributed by atoms with E-state index in [1.54, 1.807) is 13.8 Å². The van der Waals surface area contributed by atoms with Crippen molar-refractivity contribution in [2.75, 3.05) is 0 Å². The van der Waals surface area contributed by atoms with Gasteiger partial charge in [-0.25, -0.2) is 0 Å². The summed E-state index contributed by atoms with van der Waals surface area (Å²) in [7, 11) is 0. The highest BCUT2D eigenvalue weighted by atomic mass is 79.9. The third kappa shape index (κ3) is 6.18. The Morgan fingerprint density at radius 1 is 0.946 bits per heavy atom. The molecule has 4 rings (SSSR count). The summed E-state index contributed by atoms with van der Waals surface area (Å²) in [5.41, 5.74) is -1.34. The van der Waals surface area contributed by atoms with Gasteiger partial charge in [0, 0.05) is 4.83 Å². The van der Waals surface area contributed by atoms with Crippen molar-refractivity contribution in [2.45, 2.75) is 176 Å². The van der Waals surface area contributed by atoms with E-state index in [2.05, 4.69) is 50.2 Å². The van der Waals surface area contributed by atoms with Gasteiger partial charge in [0.2, 0.25) is 0 Å². The predicted octanol–water partition coefficient (Wildman–Crippen LogP) is 5.99. The second-order valence-corrected chi connectivity index (χ2v) is 15.1. The molecule has 0 radical (unpaired) electrons. The van der Waals surface area contributed by atoms with Gasteiger partial charge < -0.3 is 29.2 Å². The van der Waals surface area contributed by atoms with E-state index in [0.29, 0.717) is 17.7 Å². The quantitative estimate of drug-likeness (QED) is 0.282. The fourth-order valence-electron chi connectivity index (χ4n) is 7.02. The standard InChI is InChI=1S/C30H51BrO6/c1-19(9-11-22(32)28(6)17-14-23(36-28)26(2,3)33)20-10-12-24-29(7,35-20)18-15-25(34-24)30(8)16-13-21(31)27(4,5)37-30/h20-25,32-33H,1,9-18H2,2-8H3/t20?,21-,22+,23-,24?,25?,28?,29?,30+/m1/s1. The van der Waals surface area contributed by atoms with Gasteiger partial charge in [-0.3, -0.25) is 0 Å². The summed E-state index contributed by atoms with van der Waals surface area (Å²) in [4.78, 5) is 0.357. The maximum Gasteiger partial charge on any atom is 0.0924 e. The van der Waals surface area contributed by atoms with Gasteiger partial charge in [0.1, 0.15) is 0 Å². The lowest BCUT2D eigenvalue weighted by atomic mass is 9.76. The van der Waals surface area contributed by atoms with Gasteiger partial charge in [0.25, 0.3) is 0 Å². The monoisotopic (exact) mass is 586 g/mol. The summed E-state index contributed by atoms with van der Waals surface area (Å²) in [6.07, 6.45) is 7.74. The van der Waals surface area contributed by atoms with Crippen LogP contribution in [-0.2, 0) is 18.9 Å². The molecule has 0 amide bonds. The second-order valence-electron chi connectivity index (χ2n) is 14.0. The first-order chi connectivity index (χ1) is 17.0. The summed E-state index contributed by atoms with van der Waals surface area (Å²) in [5, 5.41) is 21.3. The van der Waals surface area contributed by atoms with E-state index in [4.69, 9.17) is 18.9 Å². The third-order valence-corrected chi connectivity index (χ3v) is 11.4. The molecule has 2 N–H and O–H groups in total. The van der Waals surface area contributed by atoms with Gasteiger partial charge in [0.05, 0.1) is 58.5 Å². The zero-order chi connectivity index (χ0) is 27.4. The number of hydrogen-bond acceptors (Lipinski definition) is 6. The molecule has 4 fully saturated rings. The molecule has 0 aromatic rings. The highest BCUT2D eigenvalue weighted by Gasteiger charge is 2.54. The molecule has 0 saturated carbocycles. The molecule has 9 atom stereocenters. The van der Waals surface area contributed by atoms with Gasteiger partial charge >= 0.3 is 0 Å². The van der Waals surface area contributed by atoms with Gasteiger partial charge in [-0.05, 0) is 118 Å². The minimum absolute atomic E-state index is 0.0235. The van der Waals surface area contributed by atoms with Crippen molar-refractivity contribution in [1.82, 2.24) is 0 Å². The topological polar surface area (TPSA) is 77.4 Å². The lowest BCUT2D eigenvalue weighted by Gasteiger charge is -2.55. The first-order valence-electron chi connectivity index (χ1n) is 14.4. The Balaban J connectivity index is 1.29. The minimum atomic E-state index is -0.906. The van der Waals surface area contributed by atoms with E-state index in [-0.39, 0.29) is 41.2 Å². The molecule has 214 valence electrons. The number of aliphatic hydroxyl groups excluding tert-OH is 1. The molecule has 4 saturated heterocycles. The van der Waals surface area contributed by atoms with Crippen LogP contribution in [0.4, 0.5) is 0 Å². The fraction of sp³-hybridized carbons (Fsp3) is 0.933. The molecule has 5 unspecified atom stereocenters. The maximum absolute atomic E-state index is 11.0. The Morgan fingerprint density at radius 2 is 1.59 bits per heavy atom. The molecule has 0 spiro atoms. The molecule has 6 nitrogen and oxygen atoms in total. The normalized spacial score (nSPS) is 45.3. The molecule has 7 heteroatoms. The van der Waals surface area contributed by atoms with Crippen LogP contribution in [0.5, 0.6) is 0 Å². The lowest BCUT2D eigenvalue weighted by Crippen LogP contribution is -2.62. The first-order valence-corrected chi connectivity index (χ1v) is 15.3. The van der Waals surface area contributed by atoms with Crippen LogP contribution in [-0.4, -0.2) is 73.6 Å². The van der Waals surface area contributed by atoms with Crippen LogP contribution in [0.15, 0.2) is 12.2 Å². The Morgan fingerprint density at radius 3 is 2.22 bits per heavy atom. The molecular formula is C30H51BrO6. The minimum Gasteiger partial charge on any atom is -0.390 e. The zero-order valence-electron chi connectivity index (χ0n) is 24.1. The van der Waals surface area contributed by atoms with E-state index in [9.17, 15) is 10.2 Å². The van der Waals surface area contributed by atoms with Crippen LogP contribution in [0.2, 0.25) is 0 Å². The highest BCUT2D eigenvalue weighted by Crippen LogP contribution is 2.48. The van der Waals surface area contributed by atoms with Crippen LogP contribution >= 0.6 is 15.9 Å². The summed E-state index contributed by atoms with van der Waals surface area (Å²) >= 11 is 3.80. The van der Waals surface area contributed by atoms with Gasteiger partial charge in [-0.15, -0.1) is 0 Å². The van der Waals surface area contributed by atoms with Crippen molar-refractivity contribution in [3.8, 4) is 0 Å². The molecule has 0 bridgehead atoms. The number of ether oxygens (including phenoxy) is 4. The Hall–Kier alpha value is -0.0200. The van der Waals surface area contributed by atoms with Crippen LogP contribution in [0.1, 0.15) is 113 Å². The second kappa shape index (κ2) is 10.4. The van der Waals surface area contributed by atoms with Crippen molar-refractivity contribution >= 4 is 15.9 Å². The molecule has 0 aliphatic carbocycles. The molecule has 4 heterocycles. The SMILES string of the molecule is C=C(CC[C@H](O)C1(C)CC[C@H](C(C)(C)O)O1)C1CCC2OC([C@]3(C)CC[C@@H](Br)C(C)(C)O3)CCC2(C)O1. The highest BCUT2D eigenvalue weighted by molar-refractivity contribution is 9.09. The van der Waals surface area contributed by atoms with E-state index < -0.39 is 17.3 Å². The smallest absolute Gasteiger partial charge is 0.0924 e. The summed E-state index contributed by atoms with van der Waals surface area (Å²) in [5.74, 6) is 0. The van der Waals surface area contributed by atoms with Crippen molar-refractivity contribution in [2.24, 2.45) is 0 Å². The van der Waals surface area contributed by atoms with Crippen molar-refractivity contribution in [3.63, 3.8) is 0 Å². The zero-order valence-corrected chi connectivity index (χ0v) is 25.7. The average Bonchev–Trinajstić information content (AvgIpc) is 3.22. The van der Waals surface area contributed by atoms with E-state index in [1.807, 2.05) is 6.92 Å². The van der Waals surface area contributed by atoms with Crippen LogP contribution < -0.4 is 0 Å². The molecule has 0 aromatic carbocycles. The van der Waals surface area contributed by atoms with E-state index in [0.717, 1.165) is 56.9 Å². The molecule has 4 aliphatic rings. The Labute approximate surface area is 233 Å². The van der Waals surface area contributed by atoms with E-state index >= 15 is 0 Å². The largest absolute Gasteiger partial charge is 0.390 e. The fourth-order valence-corrected chi connectivity index (χ4v) is 7.34. The third-order valence-electron chi connectivity index (χ3n) is 9.84. The number of fused-ring (bicyclic) bond motifs is 1. The summed E-state index contributed by atoms with van der Waals surface area (Å²) in [6, 6.07) is 0. The number of hydrogen-bond donors (Lipinski definition) is 2.